The maximum absolute atomic E-state index is 10.9. The standard InChI is InChI=1S/C16H26N2O2/c1-5-14-8-6-7-13(2)16(14)18(10-9-15(19)20)12-11-17(3)4/h6-8H,5,9-12H2,1-4H3,(H,19,20). The highest BCUT2D eigenvalue weighted by Crippen LogP contribution is 2.25. The van der Waals surface area contributed by atoms with Crippen LogP contribution in [0.15, 0.2) is 18.2 Å². The molecule has 1 aromatic carbocycles. The Labute approximate surface area is 122 Å². The van der Waals surface area contributed by atoms with E-state index in [1.165, 1.54) is 16.8 Å². The number of rotatable bonds is 8. The number of nitrogens with zero attached hydrogens (tertiary/aromatic N) is 2. The predicted molar refractivity (Wildman–Crippen MR) is 83.6 cm³/mol. The van der Waals surface area contributed by atoms with Gasteiger partial charge >= 0.3 is 5.97 Å². The quantitative estimate of drug-likeness (QED) is 0.793. The Balaban J connectivity index is 2.98. The van der Waals surface area contributed by atoms with Crippen LogP contribution in [0.2, 0.25) is 0 Å². The first-order chi connectivity index (χ1) is 9.45. The first kappa shape index (κ1) is 16.5. The molecule has 112 valence electrons. The van der Waals surface area contributed by atoms with E-state index < -0.39 is 5.97 Å². The summed E-state index contributed by atoms with van der Waals surface area (Å²) in [7, 11) is 4.07. The molecule has 1 aromatic rings. The van der Waals surface area contributed by atoms with Crippen molar-refractivity contribution < 1.29 is 9.90 Å². The van der Waals surface area contributed by atoms with Crippen LogP contribution in [0.25, 0.3) is 0 Å². The van der Waals surface area contributed by atoms with Gasteiger partial charge in [0.2, 0.25) is 0 Å². The Kier molecular flexibility index (Phi) is 6.52. The SMILES string of the molecule is CCc1cccc(C)c1N(CCC(=O)O)CCN(C)C. The summed E-state index contributed by atoms with van der Waals surface area (Å²) in [5.74, 6) is -0.744. The molecule has 0 atom stereocenters. The van der Waals surface area contributed by atoms with Crippen LogP contribution < -0.4 is 4.90 Å². The molecule has 0 amide bonds. The van der Waals surface area contributed by atoms with E-state index in [0.29, 0.717) is 6.54 Å². The van der Waals surface area contributed by atoms with Crippen molar-refractivity contribution in [2.24, 2.45) is 0 Å². The van der Waals surface area contributed by atoms with Crippen LogP contribution in [0.4, 0.5) is 5.69 Å². The summed E-state index contributed by atoms with van der Waals surface area (Å²) in [4.78, 5) is 15.2. The molecule has 0 aliphatic heterocycles. The Morgan fingerprint density at radius 3 is 2.45 bits per heavy atom. The summed E-state index contributed by atoms with van der Waals surface area (Å²) in [6.07, 6.45) is 1.13. The molecule has 1 N–H and O–H groups in total. The van der Waals surface area contributed by atoms with Gasteiger partial charge in [-0.15, -0.1) is 0 Å². The summed E-state index contributed by atoms with van der Waals surface area (Å²) >= 11 is 0. The van der Waals surface area contributed by atoms with Gasteiger partial charge in [-0.3, -0.25) is 4.79 Å². The lowest BCUT2D eigenvalue weighted by Crippen LogP contribution is -2.34. The lowest BCUT2D eigenvalue weighted by atomic mass is 10.0. The molecule has 0 aromatic heterocycles. The second-order valence-electron chi connectivity index (χ2n) is 5.37. The maximum Gasteiger partial charge on any atom is 0.305 e. The van der Waals surface area contributed by atoms with Gasteiger partial charge in [0, 0.05) is 25.3 Å². The van der Waals surface area contributed by atoms with E-state index in [-0.39, 0.29) is 6.42 Å². The fourth-order valence-electron chi connectivity index (χ4n) is 2.34. The number of likely N-dealkylation sites (N-methyl/N-ethyl adjacent to an activating group) is 1. The topological polar surface area (TPSA) is 43.8 Å². The molecular formula is C16H26N2O2. The summed E-state index contributed by atoms with van der Waals surface area (Å²) in [5.41, 5.74) is 3.71. The molecule has 0 fully saturated rings. The molecule has 0 saturated heterocycles. The minimum Gasteiger partial charge on any atom is -0.481 e. The highest BCUT2D eigenvalue weighted by molar-refractivity contribution is 5.68. The Morgan fingerprint density at radius 1 is 1.20 bits per heavy atom. The van der Waals surface area contributed by atoms with Crippen molar-refractivity contribution in [3.05, 3.63) is 29.3 Å². The zero-order valence-electron chi connectivity index (χ0n) is 13.0. The van der Waals surface area contributed by atoms with E-state index in [2.05, 4.69) is 41.8 Å². The van der Waals surface area contributed by atoms with E-state index in [1.54, 1.807) is 0 Å². The van der Waals surface area contributed by atoms with Crippen LogP contribution in [0.1, 0.15) is 24.5 Å². The molecule has 0 radical (unpaired) electrons. The molecule has 4 nitrogen and oxygen atoms in total. The summed E-state index contributed by atoms with van der Waals surface area (Å²) in [5, 5.41) is 8.95. The van der Waals surface area contributed by atoms with Gasteiger partial charge in [0.25, 0.3) is 0 Å². The molecular weight excluding hydrogens is 252 g/mol. The van der Waals surface area contributed by atoms with Gasteiger partial charge in [-0.2, -0.15) is 0 Å². The van der Waals surface area contributed by atoms with Gasteiger partial charge < -0.3 is 14.9 Å². The average Bonchev–Trinajstić information content (AvgIpc) is 2.39. The number of carboxylic acid groups (broad SMARTS) is 1. The van der Waals surface area contributed by atoms with E-state index in [4.69, 9.17) is 5.11 Å². The first-order valence-corrected chi connectivity index (χ1v) is 7.15. The number of para-hydroxylation sites is 1. The Morgan fingerprint density at radius 2 is 1.90 bits per heavy atom. The minimum atomic E-state index is -0.744. The first-order valence-electron chi connectivity index (χ1n) is 7.15. The number of hydrogen-bond donors (Lipinski definition) is 1. The van der Waals surface area contributed by atoms with Crippen molar-refractivity contribution in [2.75, 3.05) is 38.6 Å². The second kappa shape index (κ2) is 7.90. The van der Waals surface area contributed by atoms with Crippen LogP contribution in [0, 0.1) is 6.92 Å². The lowest BCUT2D eigenvalue weighted by Gasteiger charge is -2.29. The molecule has 0 spiro atoms. The van der Waals surface area contributed by atoms with E-state index in [1.807, 2.05) is 14.1 Å². The summed E-state index contributed by atoms with van der Waals surface area (Å²) < 4.78 is 0. The van der Waals surface area contributed by atoms with Crippen LogP contribution in [0.5, 0.6) is 0 Å². The number of aryl methyl sites for hydroxylation is 2. The number of hydrogen-bond acceptors (Lipinski definition) is 3. The fourth-order valence-corrected chi connectivity index (χ4v) is 2.34. The van der Waals surface area contributed by atoms with Crippen LogP contribution in [-0.2, 0) is 11.2 Å². The van der Waals surface area contributed by atoms with Crippen molar-refractivity contribution in [3.63, 3.8) is 0 Å². The third kappa shape index (κ3) is 4.85. The van der Waals surface area contributed by atoms with Gasteiger partial charge in [-0.25, -0.2) is 0 Å². The summed E-state index contributed by atoms with van der Waals surface area (Å²) in [6.45, 7) is 6.55. The predicted octanol–water partition coefficient (Wildman–Crippen LogP) is 2.40. The minimum absolute atomic E-state index is 0.172. The van der Waals surface area contributed by atoms with E-state index in [9.17, 15) is 4.79 Å². The van der Waals surface area contributed by atoms with Crippen molar-refractivity contribution in [2.45, 2.75) is 26.7 Å². The maximum atomic E-state index is 10.9. The molecule has 4 heteroatoms. The molecule has 1 rings (SSSR count). The number of anilines is 1. The van der Waals surface area contributed by atoms with Gasteiger partial charge in [0.05, 0.1) is 6.42 Å². The monoisotopic (exact) mass is 278 g/mol. The largest absolute Gasteiger partial charge is 0.481 e. The van der Waals surface area contributed by atoms with Crippen LogP contribution in [-0.4, -0.2) is 49.7 Å². The van der Waals surface area contributed by atoms with Crippen LogP contribution in [0.3, 0.4) is 0 Å². The van der Waals surface area contributed by atoms with Gasteiger partial charge in [0.1, 0.15) is 0 Å². The smallest absolute Gasteiger partial charge is 0.305 e. The number of benzene rings is 1. The molecule has 0 saturated carbocycles. The third-order valence-electron chi connectivity index (χ3n) is 3.43. The van der Waals surface area contributed by atoms with Gasteiger partial charge in [0.15, 0.2) is 0 Å². The van der Waals surface area contributed by atoms with Gasteiger partial charge in [-0.05, 0) is 38.6 Å². The number of carbonyl (C=O) groups is 1. The number of aliphatic carboxylic acids is 1. The molecule has 0 aliphatic carbocycles. The molecule has 0 bridgehead atoms. The normalized spacial score (nSPS) is 10.8. The van der Waals surface area contributed by atoms with Crippen molar-refractivity contribution in [1.29, 1.82) is 0 Å². The third-order valence-corrected chi connectivity index (χ3v) is 3.43. The zero-order valence-corrected chi connectivity index (χ0v) is 13.0. The second-order valence-corrected chi connectivity index (χ2v) is 5.37. The molecule has 0 aliphatic rings. The van der Waals surface area contributed by atoms with E-state index in [0.717, 1.165) is 19.5 Å². The molecule has 20 heavy (non-hydrogen) atoms. The average molecular weight is 278 g/mol. The van der Waals surface area contributed by atoms with E-state index >= 15 is 0 Å². The van der Waals surface area contributed by atoms with Crippen molar-refractivity contribution in [3.8, 4) is 0 Å². The van der Waals surface area contributed by atoms with Crippen molar-refractivity contribution >= 4 is 11.7 Å². The van der Waals surface area contributed by atoms with Crippen LogP contribution >= 0.6 is 0 Å². The Hall–Kier alpha value is -1.55. The fraction of sp³-hybridized carbons (Fsp3) is 0.562. The number of carboxylic acids is 1. The summed E-state index contributed by atoms with van der Waals surface area (Å²) in [6, 6.07) is 6.29. The highest BCUT2D eigenvalue weighted by Gasteiger charge is 2.14. The van der Waals surface area contributed by atoms with Crippen molar-refractivity contribution in [1.82, 2.24) is 4.90 Å². The lowest BCUT2D eigenvalue weighted by molar-refractivity contribution is -0.136. The molecule has 0 heterocycles. The zero-order chi connectivity index (χ0) is 15.1. The Bertz CT molecular complexity index is 444. The van der Waals surface area contributed by atoms with Gasteiger partial charge in [-0.1, -0.05) is 25.1 Å². The highest BCUT2D eigenvalue weighted by atomic mass is 16.4. The molecule has 0 unspecified atom stereocenters.